The number of carboxylic acid groups (broad SMARTS) is 1. The van der Waals surface area contributed by atoms with Crippen molar-refractivity contribution in [3.05, 3.63) is 11.2 Å². The number of aliphatic hydroxyl groups excluding tert-OH is 1. The molecule has 0 aromatic carbocycles. The van der Waals surface area contributed by atoms with E-state index < -0.39 is 21.7 Å². The molecule has 9 heteroatoms. The summed E-state index contributed by atoms with van der Waals surface area (Å²) in [4.78, 5) is 14.3. The van der Waals surface area contributed by atoms with Crippen LogP contribution in [0.15, 0.2) is 9.72 Å². The normalized spacial score (nSPS) is 17.9. The van der Waals surface area contributed by atoms with Crippen LogP contribution in [-0.2, 0) is 10.0 Å². The molecule has 0 radical (unpaired) electrons. The maximum absolute atomic E-state index is 12.0. The first-order valence-corrected chi connectivity index (χ1v) is 7.06. The number of sulfonamides is 1. The second kappa shape index (κ2) is 4.33. The third-order valence-corrected chi connectivity index (χ3v) is 5.67. The van der Waals surface area contributed by atoms with E-state index in [1.807, 2.05) is 0 Å². The highest BCUT2D eigenvalue weighted by Gasteiger charge is 2.39. The Morgan fingerprint density at radius 3 is 2.76 bits per heavy atom. The molecule has 1 fully saturated rings. The van der Waals surface area contributed by atoms with Crippen LogP contribution in [0.25, 0.3) is 0 Å². The van der Waals surface area contributed by atoms with Crippen LogP contribution in [0.3, 0.4) is 0 Å². The summed E-state index contributed by atoms with van der Waals surface area (Å²) < 4.78 is 24.9. The van der Waals surface area contributed by atoms with E-state index in [1.165, 1.54) is 5.51 Å². The number of aromatic nitrogens is 1. The third-order valence-electron chi connectivity index (χ3n) is 2.49. The second-order valence-corrected chi connectivity index (χ2v) is 6.65. The van der Waals surface area contributed by atoms with Gasteiger partial charge in [-0.3, -0.25) is 0 Å². The van der Waals surface area contributed by atoms with Gasteiger partial charge in [0.25, 0.3) is 10.0 Å². The van der Waals surface area contributed by atoms with E-state index in [9.17, 15) is 13.2 Å². The van der Waals surface area contributed by atoms with Crippen molar-refractivity contribution in [3.8, 4) is 0 Å². The first-order chi connectivity index (χ1) is 7.96. The summed E-state index contributed by atoms with van der Waals surface area (Å²) >= 11 is 0.787. The zero-order valence-electron chi connectivity index (χ0n) is 8.61. The quantitative estimate of drug-likeness (QED) is 0.765. The summed E-state index contributed by atoms with van der Waals surface area (Å²) in [5.41, 5.74) is 0.752. The van der Waals surface area contributed by atoms with Crippen LogP contribution in [-0.4, -0.2) is 53.6 Å². The molecule has 0 spiro atoms. The number of nitrogens with zero attached hydrogens (tertiary/aromatic N) is 2. The van der Waals surface area contributed by atoms with Crippen molar-refractivity contribution in [2.45, 2.75) is 4.21 Å². The highest BCUT2D eigenvalue weighted by molar-refractivity contribution is 7.91. The van der Waals surface area contributed by atoms with E-state index in [-0.39, 0.29) is 29.8 Å². The first-order valence-electron chi connectivity index (χ1n) is 4.74. The minimum Gasteiger partial charge on any atom is -0.476 e. The Balaban J connectivity index is 2.27. The highest BCUT2D eigenvalue weighted by Crippen LogP contribution is 2.29. The molecule has 0 bridgehead atoms. The molecule has 1 aliphatic heterocycles. The molecule has 0 aliphatic carbocycles. The molecule has 0 atom stereocenters. The lowest BCUT2D eigenvalue weighted by Crippen LogP contribution is -2.51. The number of aromatic carboxylic acids is 1. The fourth-order valence-corrected chi connectivity index (χ4v) is 4.38. The number of carboxylic acids is 1. The van der Waals surface area contributed by atoms with Crippen molar-refractivity contribution in [3.63, 3.8) is 0 Å². The van der Waals surface area contributed by atoms with Crippen molar-refractivity contribution < 1.29 is 23.4 Å². The lowest BCUT2D eigenvalue weighted by Gasteiger charge is -2.36. The molecular formula is C8H10N2O5S2. The van der Waals surface area contributed by atoms with Gasteiger partial charge in [0.2, 0.25) is 0 Å². The predicted octanol–water partition coefficient (Wildman–Crippen LogP) is -0.546. The Morgan fingerprint density at radius 1 is 1.59 bits per heavy atom. The highest BCUT2D eigenvalue weighted by atomic mass is 32.2. The van der Waals surface area contributed by atoms with Crippen LogP contribution in [0.5, 0.6) is 0 Å². The van der Waals surface area contributed by atoms with Crippen molar-refractivity contribution in [2.24, 2.45) is 5.92 Å². The van der Waals surface area contributed by atoms with E-state index in [1.54, 1.807) is 0 Å². The van der Waals surface area contributed by atoms with Gasteiger partial charge in [0.05, 0.1) is 5.51 Å². The zero-order chi connectivity index (χ0) is 12.6. The Labute approximate surface area is 101 Å². The van der Waals surface area contributed by atoms with Crippen molar-refractivity contribution in [1.29, 1.82) is 0 Å². The van der Waals surface area contributed by atoms with Crippen LogP contribution in [0, 0.1) is 5.92 Å². The third kappa shape index (κ3) is 2.06. The average molecular weight is 278 g/mol. The van der Waals surface area contributed by atoms with Gasteiger partial charge in [-0.2, -0.15) is 4.31 Å². The minimum atomic E-state index is -3.78. The molecule has 0 amide bonds. The van der Waals surface area contributed by atoms with Crippen LogP contribution >= 0.6 is 11.3 Å². The largest absolute Gasteiger partial charge is 0.476 e. The molecule has 1 aromatic rings. The smallest absolute Gasteiger partial charge is 0.356 e. The fourth-order valence-electron chi connectivity index (χ4n) is 1.51. The van der Waals surface area contributed by atoms with Crippen LogP contribution in [0.4, 0.5) is 0 Å². The van der Waals surface area contributed by atoms with Gasteiger partial charge in [0.15, 0.2) is 9.90 Å². The number of carbonyl (C=O) groups is 1. The Kier molecular flexibility index (Phi) is 3.17. The van der Waals surface area contributed by atoms with E-state index in [0.29, 0.717) is 0 Å². The van der Waals surface area contributed by atoms with E-state index >= 15 is 0 Å². The fraction of sp³-hybridized carbons (Fsp3) is 0.500. The Morgan fingerprint density at radius 2 is 2.24 bits per heavy atom. The molecule has 0 unspecified atom stereocenters. The molecule has 7 nitrogen and oxygen atoms in total. The lowest BCUT2D eigenvalue weighted by atomic mass is 10.1. The SMILES string of the molecule is O=C(O)c1ncsc1S(=O)(=O)N1CC(CO)C1. The van der Waals surface area contributed by atoms with Crippen molar-refractivity contribution in [1.82, 2.24) is 9.29 Å². The number of hydrogen-bond acceptors (Lipinski definition) is 6. The Bertz CT molecular complexity index is 532. The molecule has 1 aromatic heterocycles. The van der Waals surface area contributed by atoms with Gasteiger partial charge in [-0.25, -0.2) is 18.2 Å². The minimum absolute atomic E-state index is 0.0639. The molecular weight excluding hydrogens is 268 g/mol. The number of hydrogen-bond donors (Lipinski definition) is 2. The summed E-state index contributed by atoms with van der Waals surface area (Å²) in [6, 6.07) is 0. The van der Waals surface area contributed by atoms with E-state index in [4.69, 9.17) is 10.2 Å². The van der Waals surface area contributed by atoms with Gasteiger partial charge in [-0.1, -0.05) is 0 Å². The molecule has 1 aliphatic rings. The van der Waals surface area contributed by atoms with Crippen LogP contribution in [0.2, 0.25) is 0 Å². The van der Waals surface area contributed by atoms with Gasteiger partial charge >= 0.3 is 5.97 Å². The molecule has 2 heterocycles. The topological polar surface area (TPSA) is 108 Å². The van der Waals surface area contributed by atoms with E-state index in [0.717, 1.165) is 15.6 Å². The van der Waals surface area contributed by atoms with Gasteiger partial charge in [0, 0.05) is 25.6 Å². The van der Waals surface area contributed by atoms with Crippen LogP contribution in [0.1, 0.15) is 10.5 Å². The number of aliphatic hydroxyl groups is 1. The van der Waals surface area contributed by atoms with Crippen molar-refractivity contribution >= 4 is 27.3 Å². The first kappa shape index (κ1) is 12.4. The summed E-state index contributed by atoms with van der Waals surface area (Å²) in [6.07, 6.45) is 0. The second-order valence-electron chi connectivity index (χ2n) is 3.66. The zero-order valence-corrected chi connectivity index (χ0v) is 10.2. The van der Waals surface area contributed by atoms with Gasteiger partial charge in [0.1, 0.15) is 0 Å². The molecule has 94 valence electrons. The molecule has 2 rings (SSSR count). The molecule has 0 saturated carbocycles. The van der Waals surface area contributed by atoms with Crippen molar-refractivity contribution in [2.75, 3.05) is 19.7 Å². The summed E-state index contributed by atoms with van der Waals surface area (Å²) in [6.45, 7) is 0.367. The number of thiazole rings is 1. The predicted molar refractivity (Wildman–Crippen MR) is 58.4 cm³/mol. The summed E-state index contributed by atoms with van der Waals surface area (Å²) in [7, 11) is -3.78. The maximum atomic E-state index is 12.0. The monoisotopic (exact) mass is 278 g/mol. The maximum Gasteiger partial charge on any atom is 0.356 e. The van der Waals surface area contributed by atoms with Gasteiger partial charge in [-0.15, -0.1) is 11.3 Å². The standard InChI is InChI=1S/C8H10N2O5S2/c11-3-5-1-10(2-5)17(14,15)8-6(7(12)13)9-4-16-8/h4-5,11H,1-3H2,(H,12,13). The summed E-state index contributed by atoms with van der Waals surface area (Å²) in [5, 5.41) is 17.6. The Hall–Kier alpha value is -1.03. The lowest BCUT2D eigenvalue weighted by molar-refractivity contribution is 0.0686. The molecule has 2 N–H and O–H groups in total. The summed E-state index contributed by atoms with van der Waals surface area (Å²) in [5.74, 6) is -1.42. The van der Waals surface area contributed by atoms with E-state index in [2.05, 4.69) is 4.98 Å². The number of rotatable bonds is 4. The average Bonchev–Trinajstić information content (AvgIpc) is 2.64. The van der Waals surface area contributed by atoms with Gasteiger partial charge < -0.3 is 10.2 Å². The molecule has 1 saturated heterocycles. The molecule has 17 heavy (non-hydrogen) atoms. The van der Waals surface area contributed by atoms with Gasteiger partial charge in [-0.05, 0) is 0 Å². The van der Waals surface area contributed by atoms with Crippen LogP contribution < -0.4 is 0 Å².